The van der Waals surface area contributed by atoms with E-state index in [2.05, 4.69) is 22.5 Å². The van der Waals surface area contributed by atoms with Crippen molar-refractivity contribution < 1.29 is 14.3 Å². The number of hydrogen-bond acceptors (Lipinski definition) is 5. The second-order valence-corrected chi connectivity index (χ2v) is 4.51. The minimum absolute atomic E-state index is 0.143. The zero-order valence-electron chi connectivity index (χ0n) is 12.4. The number of amides is 2. The number of nitrogens with one attached hydrogen (secondary N) is 2. The predicted octanol–water partition coefficient (Wildman–Crippen LogP) is 0.308. The highest BCUT2D eigenvalue weighted by molar-refractivity contribution is 5.95. The second-order valence-electron chi connectivity index (χ2n) is 4.51. The van der Waals surface area contributed by atoms with Gasteiger partial charge in [0.2, 0.25) is 5.91 Å². The van der Waals surface area contributed by atoms with E-state index in [0.717, 1.165) is 18.5 Å². The van der Waals surface area contributed by atoms with Crippen LogP contribution < -0.4 is 16.4 Å². The predicted molar refractivity (Wildman–Crippen MR) is 80.1 cm³/mol. The average Bonchev–Trinajstić information content (AvgIpc) is 2.46. The van der Waals surface area contributed by atoms with Crippen molar-refractivity contribution in [1.29, 1.82) is 0 Å². The minimum atomic E-state index is -0.529. The van der Waals surface area contributed by atoms with Gasteiger partial charge < -0.3 is 21.1 Å². The summed E-state index contributed by atoms with van der Waals surface area (Å²) in [5.41, 5.74) is 6.36. The third-order valence-corrected chi connectivity index (χ3v) is 2.68. The Labute approximate surface area is 124 Å². The molecule has 0 atom stereocenters. The van der Waals surface area contributed by atoms with Crippen LogP contribution in [0.4, 0.5) is 5.82 Å². The van der Waals surface area contributed by atoms with Crippen molar-refractivity contribution in [3.63, 3.8) is 0 Å². The molecule has 0 saturated heterocycles. The van der Waals surface area contributed by atoms with E-state index in [1.54, 1.807) is 19.2 Å². The molecule has 1 rings (SSSR count). The quantitative estimate of drug-likeness (QED) is 0.568. The average molecular weight is 294 g/mol. The Bertz CT molecular complexity index is 491. The molecular formula is C14H22N4O3. The van der Waals surface area contributed by atoms with Gasteiger partial charge in [0, 0.05) is 24.8 Å². The summed E-state index contributed by atoms with van der Waals surface area (Å²) in [4.78, 5) is 26.9. The van der Waals surface area contributed by atoms with Gasteiger partial charge in [-0.2, -0.15) is 0 Å². The molecule has 0 aromatic carbocycles. The van der Waals surface area contributed by atoms with Crippen LogP contribution in [0.3, 0.4) is 0 Å². The number of carbonyl (C=O) groups is 2. The third kappa shape index (κ3) is 6.22. The van der Waals surface area contributed by atoms with E-state index in [1.807, 2.05) is 0 Å². The number of primary amides is 1. The topological polar surface area (TPSA) is 106 Å². The summed E-state index contributed by atoms with van der Waals surface area (Å²) >= 11 is 0. The van der Waals surface area contributed by atoms with Gasteiger partial charge in [0.05, 0.1) is 6.61 Å². The van der Waals surface area contributed by atoms with Crippen LogP contribution in [0.15, 0.2) is 12.1 Å². The first-order valence-corrected chi connectivity index (χ1v) is 6.89. The highest BCUT2D eigenvalue weighted by Gasteiger charge is 2.09. The molecule has 0 unspecified atom stereocenters. The molecule has 0 aliphatic heterocycles. The molecule has 4 N–H and O–H groups in total. The van der Waals surface area contributed by atoms with E-state index >= 15 is 0 Å². The van der Waals surface area contributed by atoms with Crippen molar-refractivity contribution in [2.45, 2.75) is 19.8 Å². The Morgan fingerprint density at radius 1 is 1.38 bits per heavy atom. The summed E-state index contributed by atoms with van der Waals surface area (Å²) in [7, 11) is 1.76. The van der Waals surface area contributed by atoms with E-state index < -0.39 is 5.91 Å². The number of hydrogen-bond donors (Lipinski definition) is 3. The van der Waals surface area contributed by atoms with Crippen molar-refractivity contribution in [3.8, 4) is 0 Å². The molecular weight excluding hydrogens is 272 g/mol. The van der Waals surface area contributed by atoms with Gasteiger partial charge in [0.1, 0.15) is 12.4 Å². The summed E-state index contributed by atoms with van der Waals surface area (Å²) in [5.74, 6) is -0.0664. The molecule has 0 fully saturated rings. The molecule has 0 bridgehead atoms. The Morgan fingerprint density at radius 3 is 2.76 bits per heavy atom. The van der Waals surface area contributed by atoms with E-state index in [4.69, 9.17) is 10.5 Å². The van der Waals surface area contributed by atoms with E-state index in [0.29, 0.717) is 17.9 Å². The lowest BCUT2D eigenvalue weighted by Crippen LogP contribution is -2.29. The Balaban J connectivity index is 2.56. The van der Waals surface area contributed by atoms with Crippen LogP contribution in [0.1, 0.15) is 29.4 Å². The first kappa shape index (κ1) is 16.9. The van der Waals surface area contributed by atoms with Crippen molar-refractivity contribution in [2.75, 3.05) is 32.1 Å². The molecule has 21 heavy (non-hydrogen) atoms. The fraction of sp³-hybridized carbons (Fsp3) is 0.500. The van der Waals surface area contributed by atoms with Crippen LogP contribution in [0.25, 0.3) is 0 Å². The van der Waals surface area contributed by atoms with Crippen LogP contribution in [0.2, 0.25) is 0 Å². The largest absolute Gasteiger partial charge is 0.373 e. The van der Waals surface area contributed by atoms with Crippen LogP contribution >= 0.6 is 0 Å². The van der Waals surface area contributed by atoms with Crippen LogP contribution in [0, 0.1) is 0 Å². The second kappa shape index (κ2) is 8.91. The maximum Gasteiger partial charge on any atom is 0.251 e. The number of aromatic nitrogens is 1. The number of rotatable bonds is 9. The number of ether oxygens (including phenoxy) is 1. The maximum atomic E-state index is 12.1. The molecule has 7 heteroatoms. The zero-order chi connectivity index (χ0) is 15.7. The van der Waals surface area contributed by atoms with Gasteiger partial charge >= 0.3 is 0 Å². The number of carbonyl (C=O) groups excluding carboxylic acids is 2. The summed E-state index contributed by atoms with van der Waals surface area (Å²) in [6.45, 7) is 2.46. The zero-order valence-corrected chi connectivity index (χ0v) is 12.4. The highest BCUT2D eigenvalue weighted by atomic mass is 16.5. The standard InChI is InChI=1S/C14H22N4O3/c1-3-4-11-7-10(8-13(16-2)18-11)14(20)17-5-6-21-9-12(15)19/h7-8H,3-6,9H2,1-2H3,(H2,15,19)(H,16,18)(H,17,20). The number of nitrogens with zero attached hydrogens (tertiary/aromatic N) is 1. The van der Waals surface area contributed by atoms with Crippen LogP contribution in [-0.2, 0) is 16.0 Å². The van der Waals surface area contributed by atoms with Gasteiger partial charge in [-0.15, -0.1) is 0 Å². The fourth-order valence-corrected chi connectivity index (χ4v) is 1.74. The molecule has 0 aliphatic carbocycles. The van der Waals surface area contributed by atoms with E-state index in [1.165, 1.54) is 0 Å². The molecule has 1 aromatic heterocycles. The van der Waals surface area contributed by atoms with Gasteiger partial charge in [-0.3, -0.25) is 9.59 Å². The highest BCUT2D eigenvalue weighted by Crippen LogP contribution is 2.11. The summed E-state index contributed by atoms with van der Waals surface area (Å²) in [6, 6.07) is 3.47. The van der Waals surface area contributed by atoms with Crippen LogP contribution in [0.5, 0.6) is 0 Å². The summed E-state index contributed by atoms with van der Waals surface area (Å²) in [5, 5.41) is 5.66. The number of pyridine rings is 1. The molecule has 2 amide bonds. The van der Waals surface area contributed by atoms with Gasteiger partial charge in [0.25, 0.3) is 5.91 Å². The first-order chi connectivity index (χ1) is 10.1. The molecule has 0 saturated carbocycles. The smallest absolute Gasteiger partial charge is 0.251 e. The lowest BCUT2D eigenvalue weighted by atomic mass is 10.1. The van der Waals surface area contributed by atoms with Gasteiger partial charge in [0.15, 0.2) is 0 Å². The van der Waals surface area contributed by atoms with Crippen molar-refractivity contribution in [1.82, 2.24) is 10.3 Å². The monoisotopic (exact) mass is 294 g/mol. The lowest BCUT2D eigenvalue weighted by Gasteiger charge is -2.09. The molecule has 116 valence electrons. The summed E-state index contributed by atoms with van der Waals surface area (Å²) in [6.07, 6.45) is 1.78. The third-order valence-electron chi connectivity index (χ3n) is 2.68. The Morgan fingerprint density at radius 2 is 2.14 bits per heavy atom. The Hall–Kier alpha value is -2.15. The SMILES string of the molecule is CCCc1cc(C(=O)NCCOCC(N)=O)cc(NC)n1. The van der Waals surface area contributed by atoms with Gasteiger partial charge in [-0.1, -0.05) is 13.3 Å². The van der Waals surface area contributed by atoms with Crippen molar-refractivity contribution in [3.05, 3.63) is 23.4 Å². The normalized spacial score (nSPS) is 10.2. The van der Waals surface area contributed by atoms with Gasteiger partial charge in [-0.05, 0) is 18.6 Å². The minimum Gasteiger partial charge on any atom is -0.373 e. The molecule has 0 radical (unpaired) electrons. The number of anilines is 1. The molecule has 0 aliphatic rings. The number of nitrogens with two attached hydrogens (primary N) is 1. The van der Waals surface area contributed by atoms with E-state index in [-0.39, 0.29) is 19.1 Å². The molecule has 7 nitrogen and oxygen atoms in total. The van der Waals surface area contributed by atoms with Crippen LogP contribution in [-0.4, -0.2) is 43.6 Å². The molecule has 1 heterocycles. The lowest BCUT2D eigenvalue weighted by molar-refractivity contribution is -0.122. The molecule has 1 aromatic rings. The number of aryl methyl sites for hydroxylation is 1. The Kier molecular flexibility index (Phi) is 7.17. The van der Waals surface area contributed by atoms with Crippen molar-refractivity contribution >= 4 is 17.6 Å². The van der Waals surface area contributed by atoms with Gasteiger partial charge in [-0.25, -0.2) is 4.98 Å². The first-order valence-electron chi connectivity index (χ1n) is 6.89. The van der Waals surface area contributed by atoms with Crippen molar-refractivity contribution in [2.24, 2.45) is 5.73 Å². The molecule has 0 spiro atoms. The van der Waals surface area contributed by atoms with E-state index in [9.17, 15) is 9.59 Å². The maximum absolute atomic E-state index is 12.1. The fourth-order valence-electron chi connectivity index (χ4n) is 1.74. The summed E-state index contributed by atoms with van der Waals surface area (Å²) < 4.78 is 4.97.